The van der Waals surface area contributed by atoms with Gasteiger partial charge in [0.25, 0.3) is 0 Å². The van der Waals surface area contributed by atoms with Gasteiger partial charge in [-0.3, -0.25) is 9.59 Å². The summed E-state index contributed by atoms with van der Waals surface area (Å²) in [6, 6.07) is 0.247. The summed E-state index contributed by atoms with van der Waals surface area (Å²) in [4.78, 5) is 28.9. The highest BCUT2D eigenvalue weighted by Gasteiger charge is 2.55. The second kappa shape index (κ2) is 9.18. The van der Waals surface area contributed by atoms with E-state index in [-0.39, 0.29) is 23.1 Å². The SMILES string of the molecule is CC(C)[C@@H](NC(=O)C12CC3CC(CC(C3)C1)C2)C(=O)NCCCN1CCCC[C@H]1C. The van der Waals surface area contributed by atoms with Crippen LogP contribution in [0.25, 0.3) is 0 Å². The van der Waals surface area contributed by atoms with Crippen LogP contribution in [0.2, 0.25) is 0 Å². The van der Waals surface area contributed by atoms with E-state index in [0.717, 1.165) is 50.0 Å². The van der Waals surface area contributed by atoms with Crippen molar-refractivity contribution in [2.45, 2.75) is 97.1 Å². The molecule has 2 N–H and O–H groups in total. The Morgan fingerprint density at radius 3 is 2.23 bits per heavy atom. The van der Waals surface area contributed by atoms with Crippen LogP contribution in [0.5, 0.6) is 0 Å². The predicted molar refractivity (Wildman–Crippen MR) is 120 cm³/mol. The fourth-order valence-electron chi connectivity index (χ4n) is 7.31. The molecule has 0 aromatic rings. The van der Waals surface area contributed by atoms with Gasteiger partial charge in [-0.2, -0.15) is 0 Å². The molecule has 5 rings (SSSR count). The highest BCUT2D eigenvalue weighted by molar-refractivity contribution is 5.90. The highest BCUT2D eigenvalue weighted by atomic mass is 16.2. The van der Waals surface area contributed by atoms with Gasteiger partial charge in [0.15, 0.2) is 0 Å². The standard InChI is InChI=1S/C25H43N3O2/c1-17(2)22(23(29)26-8-6-10-28-9-5-4-7-18(28)3)27-24(30)25-14-19-11-20(15-25)13-21(12-19)16-25/h17-22H,4-16H2,1-3H3,(H,26,29)(H,27,30)/t18-,19?,20?,21?,22-,25?/m1/s1. The van der Waals surface area contributed by atoms with Gasteiger partial charge in [-0.1, -0.05) is 20.3 Å². The molecule has 5 heteroatoms. The van der Waals surface area contributed by atoms with E-state index < -0.39 is 6.04 Å². The molecule has 2 atom stereocenters. The van der Waals surface area contributed by atoms with E-state index in [4.69, 9.17) is 0 Å². The van der Waals surface area contributed by atoms with Gasteiger partial charge in [0.05, 0.1) is 0 Å². The third-order valence-electron chi connectivity index (χ3n) is 8.62. The number of piperidine rings is 1. The van der Waals surface area contributed by atoms with Gasteiger partial charge >= 0.3 is 0 Å². The van der Waals surface area contributed by atoms with Gasteiger partial charge in [0.2, 0.25) is 11.8 Å². The van der Waals surface area contributed by atoms with Crippen LogP contribution in [0, 0.1) is 29.1 Å². The zero-order chi connectivity index (χ0) is 21.3. The maximum atomic E-state index is 13.4. The number of nitrogens with zero attached hydrogens (tertiary/aromatic N) is 1. The summed E-state index contributed by atoms with van der Waals surface area (Å²) in [5.41, 5.74) is -0.188. The monoisotopic (exact) mass is 417 g/mol. The Labute approximate surface area is 183 Å². The minimum absolute atomic E-state index is 0.00484. The first kappa shape index (κ1) is 22.1. The highest BCUT2D eigenvalue weighted by Crippen LogP contribution is 2.60. The topological polar surface area (TPSA) is 61.4 Å². The second-order valence-electron chi connectivity index (χ2n) is 11.4. The van der Waals surface area contributed by atoms with Crippen molar-refractivity contribution in [2.75, 3.05) is 19.6 Å². The number of hydrogen-bond donors (Lipinski definition) is 2. The molecule has 4 aliphatic carbocycles. The maximum absolute atomic E-state index is 13.4. The van der Waals surface area contributed by atoms with Crippen molar-refractivity contribution < 1.29 is 9.59 Å². The normalized spacial score (nSPS) is 36.7. The zero-order valence-electron chi connectivity index (χ0n) is 19.4. The number of likely N-dealkylation sites (tertiary alicyclic amines) is 1. The van der Waals surface area contributed by atoms with Crippen LogP contribution in [-0.4, -0.2) is 48.4 Å². The number of rotatable bonds is 8. The van der Waals surface area contributed by atoms with Crippen molar-refractivity contribution in [3.05, 3.63) is 0 Å². The van der Waals surface area contributed by atoms with Crippen molar-refractivity contribution in [2.24, 2.45) is 29.1 Å². The van der Waals surface area contributed by atoms with Crippen LogP contribution in [0.15, 0.2) is 0 Å². The third kappa shape index (κ3) is 4.71. The summed E-state index contributed by atoms with van der Waals surface area (Å²) in [7, 11) is 0. The minimum atomic E-state index is -0.417. The van der Waals surface area contributed by atoms with E-state index in [1.165, 1.54) is 45.1 Å². The van der Waals surface area contributed by atoms with Crippen LogP contribution in [0.3, 0.4) is 0 Å². The van der Waals surface area contributed by atoms with Gasteiger partial charge < -0.3 is 15.5 Å². The van der Waals surface area contributed by atoms with E-state index in [1.54, 1.807) is 0 Å². The van der Waals surface area contributed by atoms with Crippen LogP contribution in [0.1, 0.15) is 85.0 Å². The molecule has 30 heavy (non-hydrogen) atoms. The fourth-order valence-corrected chi connectivity index (χ4v) is 7.31. The molecular weight excluding hydrogens is 374 g/mol. The van der Waals surface area contributed by atoms with Gasteiger partial charge in [-0.05, 0) is 94.9 Å². The lowest BCUT2D eigenvalue weighted by molar-refractivity contribution is -0.149. The summed E-state index contributed by atoms with van der Waals surface area (Å²) in [5, 5.41) is 6.33. The van der Waals surface area contributed by atoms with Crippen LogP contribution in [-0.2, 0) is 9.59 Å². The third-order valence-corrected chi connectivity index (χ3v) is 8.62. The molecule has 5 aliphatic rings. The Morgan fingerprint density at radius 2 is 1.67 bits per heavy atom. The molecule has 0 unspecified atom stereocenters. The van der Waals surface area contributed by atoms with E-state index >= 15 is 0 Å². The molecule has 0 aromatic carbocycles. The first-order chi connectivity index (χ1) is 14.4. The molecule has 0 aromatic heterocycles. The number of carbonyl (C=O) groups excluding carboxylic acids is 2. The van der Waals surface area contributed by atoms with Crippen molar-refractivity contribution in [1.82, 2.24) is 15.5 Å². The molecule has 5 nitrogen and oxygen atoms in total. The van der Waals surface area contributed by atoms with Gasteiger partial charge in [-0.25, -0.2) is 0 Å². The lowest BCUT2D eigenvalue weighted by Crippen LogP contribution is -2.58. The minimum Gasteiger partial charge on any atom is -0.354 e. The average Bonchev–Trinajstić information content (AvgIpc) is 2.69. The van der Waals surface area contributed by atoms with E-state index in [9.17, 15) is 9.59 Å². The molecule has 2 amide bonds. The van der Waals surface area contributed by atoms with Crippen molar-refractivity contribution in [3.8, 4) is 0 Å². The van der Waals surface area contributed by atoms with Crippen LogP contribution >= 0.6 is 0 Å². The molecule has 0 radical (unpaired) electrons. The van der Waals surface area contributed by atoms with Crippen LogP contribution in [0.4, 0.5) is 0 Å². The van der Waals surface area contributed by atoms with Crippen LogP contribution < -0.4 is 10.6 Å². The van der Waals surface area contributed by atoms with Crippen molar-refractivity contribution >= 4 is 11.8 Å². The first-order valence-electron chi connectivity index (χ1n) is 12.7. The average molecular weight is 418 g/mol. The first-order valence-corrected chi connectivity index (χ1v) is 12.7. The lowest BCUT2D eigenvalue weighted by Gasteiger charge is -2.55. The number of hydrogen-bond acceptors (Lipinski definition) is 3. The molecule has 0 spiro atoms. The van der Waals surface area contributed by atoms with E-state index in [1.807, 2.05) is 13.8 Å². The largest absolute Gasteiger partial charge is 0.354 e. The molecule has 170 valence electrons. The molecule has 4 saturated carbocycles. The predicted octanol–water partition coefficient (Wildman–Crippen LogP) is 3.72. The molecule has 1 aliphatic heterocycles. The van der Waals surface area contributed by atoms with Gasteiger partial charge in [0.1, 0.15) is 6.04 Å². The molecular formula is C25H43N3O2. The fraction of sp³-hybridized carbons (Fsp3) is 0.920. The summed E-state index contributed by atoms with van der Waals surface area (Å²) in [5.74, 6) is 2.49. The number of carbonyl (C=O) groups is 2. The Hall–Kier alpha value is -1.10. The molecule has 1 heterocycles. The molecule has 5 fully saturated rings. The van der Waals surface area contributed by atoms with E-state index in [2.05, 4.69) is 22.5 Å². The molecule has 4 bridgehead atoms. The summed E-state index contributed by atoms with van der Waals surface area (Å²) in [6.45, 7) is 9.32. The Kier molecular flexibility index (Phi) is 6.76. The Bertz CT molecular complexity index is 597. The van der Waals surface area contributed by atoms with E-state index in [0.29, 0.717) is 12.6 Å². The molecule has 1 saturated heterocycles. The zero-order valence-corrected chi connectivity index (χ0v) is 19.4. The van der Waals surface area contributed by atoms with Gasteiger partial charge in [-0.15, -0.1) is 0 Å². The summed E-state index contributed by atoms with van der Waals surface area (Å²) < 4.78 is 0. The summed E-state index contributed by atoms with van der Waals surface area (Å²) >= 11 is 0. The smallest absolute Gasteiger partial charge is 0.242 e. The second-order valence-corrected chi connectivity index (χ2v) is 11.4. The Balaban J connectivity index is 1.27. The number of nitrogens with one attached hydrogen (secondary N) is 2. The van der Waals surface area contributed by atoms with Crippen molar-refractivity contribution in [1.29, 1.82) is 0 Å². The Morgan fingerprint density at radius 1 is 1.03 bits per heavy atom. The van der Waals surface area contributed by atoms with Crippen molar-refractivity contribution in [3.63, 3.8) is 0 Å². The quantitative estimate of drug-likeness (QED) is 0.592. The van der Waals surface area contributed by atoms with Gasteiger partial charge in [0, 0.05) is 24.5 Å². The maximum Gasteiger partial charge on any atom is 0.242 e. The summed E-state index contributed by atoms with van der Waals surface area (Å²) in [6.07, 6.45) is 12.0. The lowest BCUT2D eigenvalue weighted by atomic mass is 9.49. The number of amides is 2.